The van der Waals surface area contributed by atoms with Gasteiger partial charge in [-0.25, -0.2) is 14.4 Å². The fourth-order valence-electron chi connectivity index (χ4n) is 5.16. The predicted octanol–water partition coefficient (Wildman–Crippen LogP) is 3.88. The van der Waals surface area contributed by atoms with Gasteiger partial charge in [0.05, 0.1) is 5.69 Å². The zero-order valence-corrected chi connectivity index (χ0v) is 20.3. The van der Waals surface area contributed by atoms with Gasteiger partial charge < -0.3 is 16.0 Å². The summed E-state index contributed by atoms with van der Waals surface area (Å²) in [6, 6.07) is 5.77. The number of halogens is 1. The van der Waals surface area contributed by atoms with Crippen LogP contribution >= 0.6 is 0 Å². The number of nitrogens with zero attached hydrogens (tertiary/aromatic N) is 6. The summed E-state index contributed by atoms with van der Waals surface area (Å²) in [5.74, 6) is 1.61. The first-order chi connectivity index (χ1) is 17.4. The summed E-state index contributed by atoms with van der Waals surface area (Å²) >= 11 is 0. The summed E-state index contributed by atoms with van der Waals surface area (Å²) in [4.78, 5) is 27.5. The van der Waals surface area contributed by atoms with Crippen LogP contribution in [0.4, 0.5) is 21.8 Å². The topological polar surface area (TPSA) is 115 Å². The Morgan fingerprint density at radius 3 is 2.86 bits per heavy atom. The van der Waals surface area contributed by atoms with Crippen molar-refractivity contribution in [1.29, 1.82) is 0 Å². The number of pyridine rings is 3. The van der Waals surface area contributed by atoms with Crippen molar-refractivity contribution >= 4 is 34.1 Å². The molecule has 10 heteroatoms. The SMILES string of the molecule is Cc1c(-c2cc3cc(Nc4cc5n(n4)CC(=O)N(C)CC5)ncc3c(N)n2)cnc2c1[C@H](F)CCC2. The van der Waals surface area contributed by atoms with Crippen LogP contribution in [0.15, 0.2) is 30.6 Å². The molecule has 0 bridgehead atoms. The number of carbonyl (C=O) groups is 1. The molecule has 1 aliphatic carbocycles. The molecule has 9 nitrogen and oxygen atoms in total. The number of nitrogen functional groups attached to an aromatic ring is 1. The monoisotopic (exact) mass is 486 g/mol. The number of anilines is 3. The van der Waals surface area contributed by atoms with Crippen LogP contribution in [0.1, 0.15) is 41.5 Å². The molecule has 1 amide bonds. The molecule has 1 aliphatic heterocycles. The first-order valence-electron chi connectivity index (χ1n) is 12.1. The van der Waals surface area contributed by atoms with Gasteiger partial charge in [-0.2, -0.15) is 5.10 Å². The number of aromatic nitrogens is 5. The average Bonchev–Trinajstić information content (AvgIpc) is 3.17. The molecule has 0 spiro atoms. The maximum atomic E-state index is 14.7. The van der Waals surface area contributed by atoms with E-state index in [4.69, 9.17) is 5.73 Å². The van der Waals surface area contributed by atoms with Crippen LogP contribution in [0.2, 0.25) is 0 Å². The van der Waals surface area contributed by atoms with E-state index in [0.717, 1.165) is 52.5 Å². The van der Waals surface area contributed by atoms with Crippen LogP contribution in [-0.2, 0) is 24.2 Å². The van der Waals surface area contributed by atoms with Gasteiger partial charge in [-0.15, -0.1) is 0 Å². The van der Waals surface area contributed by atoms with E-state index in [0.29, 0.717) is 41.7 Å². The van der Waals surface area contributed by atoms with Gasteiger partial charge in [-0.1, -0.05) is 0 Å². The Hall–Kier alpha value is -4.08. The molecular weight excluding hydrogens is 459 g/mol. The van der Waals surface area contributed by atoms with Crippen LogP contribution < -0.4 is 11.1 Å². The molecule has 2 aliphatic rings. The molecule has 0 fully saturated rings. The molecule has 184 valence electrons. The van der Waals surface area contributed by atoms with Crippen LogP contribution in [-0.4, -0.2) is 49.1 Å². The van der Waals surface area contributed by atoms with Crippen molar-refractivity contribution in [2.75, 3.05) is 24.6 Å². The number of fused-ring (bicyclic) bond motifs is 3. The van der Waals surface area contributed by atoms with Crippen LogP contribution in [0.3, 0.4) is 0 Å². The van der Waals surface area contributed by atoms with Crippen molar-refractivity contribution in [2.45, 2.75) is 45.3 Å². The smallest absolute Gasteiger partial charge is 0.244 e. The van der Waals surface area contributed by atoms with E-state index in [1.54, 1.807) is 29.0 Å². The molecule has 4 aromatic rings. The number of carbonyl (C=O) groups excluding carboxylic acids is 1. The number of hydrogen-bond acceptors (Lipinski definition) is 7. The number of hydrogen-bond donors (Lipinski definition) is 2. The lowest BCUT2D eigenvalue weighted by Crippen LogP contribution is -2.29. The number of alkyl halides is 1. The third kappa shape index (κ3) is 3.82. The minimum Gasteiger partial charge on any atom is -0.383 e. The first-order valence-corrected chi connectivity index (χ1v) is 12.1. The van der Waals surface area contributed by atoms with Crippen molar-refractivity contribution in [3.8, 4) is 11.3 Å². The minimum absolute atomic E-state index is 0.0359. The molecule has 1 atom stereocenters. The summed E-state index contributed by atoms with van der Waals surface area (Å²) in [6.45, 7) is 2.81. The van der Waals surface area contributed by atoms with Crippen molar-refractivity contribution in [3.63, 3.8) is 0 Å². The Morgan fingerprint density at radius 1 is 1.14 bits per heavy atom. The molecule has 0 saturated heterocycles. The highest BCUT2D eigenvalue weighted by atomic mass is 19.1. The van der Waals surface area contributed by atoms with Crippen molar-refractivity contribution < 1.29 is 9.18 Å². The number of amides is 1. The molecule has 3 N–H and O–H groups in total. The molecular formula is C26H27FN8O. The van der Waals surface area contributed by atoms with Gasteiger partial charge in [-0.3, -0.25) is 14.5 Å². The van der Waals surface area contributed by atoms with Crippen molar-refractivity contribution in [2.24, 2.45) is 0 Å². The Bertz CT molecular complexity index is 1510. The molecule has 0 aromatic carbocycles. The fourth-order valence-corrected chi connectivity index (χ4v) is 5.16. The summed E-state index contributed by atoms with van der Waals surface area (Å²) in [7, 11) is 1.80. The Morgan fingerprint density at radius 2 is 2.00 bits per heavy atom. The summed E-state index contributed by atoms with van der Waals surface area (Å²) in [6.07, 6.45) is 5.33. The Balaban J connectivity index is 1.34. The van der Waals surface area contributed by atoms with E-state index in [1.165, 1.54) is 0 Å². The Labute approximate surface area is 207 Å². The molecule has 6 rings (SSSR count). The lowest BCUT2D eigenvalue weighted by molar-refractivity contribution is -0.130. The number of nitrogens with two attached hydrogens (primary N) is 1. The number of likely N-dealkylation sites (N-methyl/N-ethyl adjacent to an activating group) is 1. The number of aryl methyl sites for hydroxylation is 1. The summed E-state index contributed by atoms with van der Waals surface area (Å²) < 4.78 is 16.5. The number of rotatable bonds is 3. The van der Waals surface area contributed by atoms with Gasteiger partial charge in [0.15, 0.2) is 5.82 Å². The highest BCUT2D eigenvalue weighted by molar-refractivity contribution is 5.95. The average molecular weight is 487 g/mol. The molecule has 0 saturated carbocycles. The van der Waals surface area contributed by atoms with E-state index < -0.39 is 6.17 Å². The lowest BCUT2D eigenvalue weighted by atomic mass is 9.88. The standard InChI is InChI=1S/C26H27FN8O/c1-14-17(11-29-20-5-3-4-19(27)25(14)20)21-8-15-9-22(30-12-18(15)26(28)31-21)32-23-10-16-6-7-34(2)24(36)13-35(16)33-23/h8-12,19H,3-7,13H2,1-2H3,(H2,28,31)(H,30,32,33)/t19-/m1/s1. The lowest BCUT2D eigenvalue weighted by Gasteiger charge is -2.22. The van der Waals surface area contributed by atoms with Gasteiger partial charge in [-0.05, 0) is 49.3 Å². The van der Waals surface area contributed by atoms with E-state index in [-0.39, 0.29) is 12.5 Å². The summed E-state index contributed by atoms with van der Waals surface area (Å²) in [5, 5.41) is 9.37. The predicted molar refractivity (Wildman–Crippen MR) is 136 cm³/mol. The van der Waals surface area contributed by atoms with Gasteiger partial charge in [0, 0.05) is 66.4 Å². The Kier molecular flexibility index (Phi) is 5.31. The van der Waals surface area contributed by atoms with Gasteiger partial charge in [0.2, 0.25) is 5.91 Å². The maximum Gasteiger partial charge on any atom is 0.244 e. The third-order valence-electron chi connectivity index (χ3n) is 7.21. The quantitative estimate of drug-likeness (QED) is 0.452. The molecule has 0 unspecified atom stereocenters. The number of nitrogens with one attached hydrogen (secondary N) is 1. The second-order valence-corrected chi connectivity index (χ2v) is 9.57. The normalized spacial score (nSPS) is 17.6. The zero-order chi connectivity index (χ0) is 25.0. The second-order valence-electron chi connectivity index (χ2n) is 9.57. The van der Waals surface area contributed by atoms with E-state index in [9.17, 15) is 9.18 Å². The summed E-state index contributed by atoms with van der Waals surface area (Å²) in [5.41, 5.74) is 11.1. The molecule has 0 radical (unpaired) electrons. The van der Waals surface area contributed by atoms with E-state index in [2.05, 4.69) is 25.4 Å². The van der Waals surface area contributed by atoms with Gasteiger partial charge >= 0.3 is 0 Å². The fraction of sp³-hybridized carbons (Fsp3) is 0.346. The molecule has 36 heavy (non-hydrogen) atoms. The zero-order valence-electron chi connectivity index (χ0n) is 20.3. The molecule has 5 heterocycles. The highest BCUT2D eigenvalue weighted by Crippen LogP contribution is 2.38. The second kappa shape index (κ2) is 8.54. The van der Waals surface area contributed by atoms with Crippen LogP contribution in [0.5, 0.6) is 0 Å². The van der Waals surface area contributed by atoms with E-state index in [1.807, 2.05) is 25.1 Å². The van der Waals surface area contributed by atoms with Crippen LogP contribution in [0.25, 0.3) is 22.0 Å². The minimum atomic E-state index is -1.00. The maximum absolute atomic E-state index is 14.7. The molecule has 4 aromatic heterocycles. The third-order valence-corrected chi connectivity index (χ3v) is 7.21. The van der Waals surface area contributed by atoms with Crippen molar-refractivity contribution in [1.82, 2.24) is 29.6 Å². The first kappa shape index (κ1) is 22.4. The van der Waals surface area contributed by atoms with Gasteiger partial charge in [0.25, 0.3) is 0 Å². The highest BCUT2D eigenvalue weighted by Gasteiger charge is 2.25. The van der Waals surface area contributed by atoms with Crippen LogP contribution in [0, 0.1) is 6.92 Å². The van der Waals surface area contributed by atoms with Gasteiger partial charge in [0.1, 0.15) is 24.4 Å². The van der Waals surface area contributed by atoms with Crippen molar-refractivity contribution in [3.05, 3.63) is 53.1 Å². The van der Waals surface area contributed by atoms with E-state index >= 15 is 0 Å². The largest absolute Gasteiger partial charge is 0.383 e.